The highest BCUT2D eigenvalue weighted by Gasteiger charge is 2.39. The van der Waals surface area contributed by atoms with Gasteiger partial charge in [0.2, 0.25) is 15.9 Å². The van der Waals surface area contributed by atoms with Crippen LogP contribution in [0.15, 0.2) is 47.4 Å². The summed E-state index contributed by atoms with van der Waals surface area (Å²) in [5.41, 5.74) is 1.04. The molecule has 2 fully saturated rings. The number of benzene rings is 2. The first-order chi connectivity index (χ1) is 16.5. The minimum atomic E-state index is -3.68. The van der Waals surface area contributed by atoms with Crippen LogP contribution in [0.5, 0.6) is 17.2 Å². The predicted octanol–water partition coefficient (Wildman–Crippen LogP) is 3.23. The summed E-state index contributed by atoms with van der Waals surface area (Å²) in [4.78, 5) is 15.7. The Kier molecular flexibility index (Phi) is 6.40. The van der Waals surface area contributed by atoms with Crippen molar-refractivity contribution in [2.75, 3.05) is 40.0 Å². The van der Waals surface area contributed by atoms with Gasteiger partial charge in [0.05, 0.1) is 24.0 Å². The van der Waals surface area contributed by atoms with Gasteiger partial charge in [0.25, 0.3) is 0 Å². The molecule has 0 unspecified atom stereocenters. The van der Waals surface area contributed by atoms with Crippen LogP contribution in [0, 0.1) is 5.92 Å². The number of carbonyl (C=O) groups excluding carboxylic acids is 1. The van der Waals surface area contributed by atoms with Gasteiger partial charge in [-0.1, -0.05) is 6.07 Å². The molecular weight excluding hydrogens is 456 g/mol. The van der Waals surface area contributed by atoms with E-state index < -0.39 is 10.0 Å². The molecule has 3 aliphatic heterocycles. The number of rotatable bonds is 5. The van der Waals surface area contributed by atoms with Gasteiger partial charge in [-0.2, -0.15) is 4.31 Å². The Morgan fingerprint density at radius 3 is 2.47 bits per heavy atom. The molecule has 2 aromatic carbocycles. The molecule has 3 aliphatic rings. The number of carbonyl (C=O) groups is 1. The summed E-state index contributed by atoms with van der Waals surface area (Å²) in [5, 5.41) is 0. The van der Waals surface area contributed by atoms with E-state index in [1.807, 2.05) is 23.1 Å². The van der Waals surface area contributed by atoms with E-state index in [1.54, 1.807) is 31.4 Å². The molecule has 8 nitrogen and oxygen atoms in total. The Balaban J connectivity index is 1.32. The van der Waals surface area contributed by atoms with Crippen LogP contribution in [0.1, 0.15) is 37.3 Å². The van der Waals surface area contributed by atoms with Gasteiger partial charge in [-0.25, -0.2) is 8.42 Å². The third-order valence-electron chi connectivity index (χ3n) is 6.92. The summed E-state index contributed by atoms with van der Waals surface area (Å²) in [6, 6.07) is 12.3. The Bertz CT molecular complexity index is 1150. The number of nitrogens with zero attached hydrogens (tertiary/aromatic N) is 2. The molecule has 2 atom stereocenters. The number of hydrogen-bond donors (Lipinski definition) is 0. The van der Waals surface area contributed by atoms with E-state index >= 15 is 0 Å². The highest BCUT2D eigenvalue weighted by Crippen LogP contribution is 2.39. The van der Waals surface area contributed by atoms with Gasteiger partial charge < -0.3 is 19.1 Å². The number of piperidine rings is 1. The van der Waals surface area contributed by atoms with E-state index in [1.165, 1.54) is 4.31 Å². The lowest BCUT2D eigenvalue weighted by Gasteiger charge is -2.35. The van der Waals surface area contributed by atoms with Crippen LogP contribution in [0.4, 0.5) is 0 Å². The second kappa shape index (κ2) is 9.46. The number of fused-ring (bicyclic) bond motifs is 1. The molecule has 2 saturated heterocycles. The monoisotopic (exact) mass is 486 g/mol. The molecule has 3 heterocycles. The minimum Gasteiger partial charge on any atom is -0.497 e. The molecule has 0 bridgehead atoms. The van der Waals surface area contributed by atoms with Crippen molar-refractivity contribution < 1.29 is 27.4 Å². The number of likely N-dealkylation sites (tertiary alicyclic amines) is 1. The van der Waals surface area contributed by atoms with Crippen LogP contribution >= 0.6 is 0 Å². The van der Waals surface area contributed by atoms with E-state index in [4.69, 9.17) is 14.2 Å². The molecule has 1 amide bonds. The number of sulfonamides is 1. The molecule has 0 spiro atoms. The largest absolute Gasteiger partial charge is 0.497 e. The third-order valence-corrected chi connectivity index (χ3v) is 8.80. The quantitative estimate of drug-likeness (QED) is 0.645. The van der Waals surface area contributed by atoms with Crippen LogP contribution in [-0.2, 0) is 14.8 Å². The maximum atomic E-state index is 13.6. The fourth-order valence-corrected chi connectivity index (χ4v) is 6.66. The van der Waals surface area contributed by atoms with Crippen molar-refractivity contribution in [1.82, 2.24) is 9.21 Å². The molecule has 0 aromatic heterocycles. The van der Waals surface area contributed by atoms with Crippen LogP contribution in [-0.4, -0.2) is 63.5 Å². The zero-order chi connectivity index (χ0) is 23.7. The lowest BCUT2D eigenvalue weighted by molar-refractivity contribution is -0.137. The van der Waals surface area contributed by atoms with Gasteiger partial charge >= 0.3 is 0 Å². The van der Waals surface area contributed by atoms with Gasteiger partial charge in [-0.15, -0.1) is 0 Å². The summed E-state index contributed by atoms with van der Waals surface area (Å²) in [5.74, 6) is 1.74. The zero-order valence-electron chi connectivity index (χ0n) is 19.3. The summed E-state index contributed by atoms with van der Waals surface area (Å²) in [6.45, 7) is 2.36. The number of amides is 1. The van der Waals surface area contributed by atoms with Crippen molar-refractivity contribution in [3.63, 3.8) is 0 Å². The first-order valence-corrected chi connectivity index (χ1v) is 13.3. The number of hydrogen-bond acceptors (Lipinski definition) is 6. The number of ether oxygens (including phenoxy) is 3. The lowest BCUT2D eigenvalue weighted by Crippen LogP contribution is -2.46. The van der Waals surface area contributed by atoms with Crippen molar-refractivity contribution in [2.24, 2.45) is 5.92 Å². The van der Waals surface area contributed by atoms with Crippen LogP contribution < -0.4 is 14.2 Å². The van der Waals surface area contributed by atoms with Gasteiger partial charge in [0, 0.05) is 19.6 Å². The van der Waals surface area contributed by atoms with E-state index in [0.29, 0.717) is 44.9 Å². The molecule has 2 aromatic rings. The molecule has 182 valence electrons. The summed E-state index contributed by atoms with van der Waals surface area (Å²) in [7, 11) is -2.13. The SMILES string of the molecule is COc1ccc(S(=O)(=O)N2CCC[C@H](C(=O)N3CCC[C@@H]3c3ccc4c(c3)OCCO4)C2)cc1. The normalized spacial score (nSPS) is 23.0. The van der Waals surface area contributed by atoms with Crippen molar-refractivity contribution in [3.8, 4) is 17.2 Å². The third kappa shape index (κ3) is 4.34. The molecular formula is C25H30N2O6S. The van der Waals surface area contributed by atoms with Crippen LogP contribution in [0.2, 0.25) is 0 Å². The molecule has 0 N–H and O–H groups in total. The lowest BCUT2D eigenvalue weighted by atomic mass is 9.96. The van der Waals surface area contributed by atoms with Crippen molar-refractivity contribution in [3.05, 3.63) is 48.0 Å². The molecule has 5 rings (SSSR count). The zero-order valence-corrected chi connectivity index (χ0v) is 20.1. The smallest absolute Gasteiger partial charge is 0.243 e. The highest BCUT2D eigenvalue weighted by molar-refractivity contribution is 7.89. The number of methoxy groups -OCH3 is 1. The van der Waals surface area contributed by atoms with Crippen molar-refractivity contribution >= 4 is 15.9 Å². The van der Waals surface area contributed by atoms with Crippen LogP contribution in [0.25, 0.3) is 0 Å². The van der Waals surface area contributed by atoms with Crippen molar-refractivity contribution in [1.29, 1.82) is 0 Å². The average Bonchev–Trinajstić information content (AvgIpc) is 3.38. The fraction of sp³-hybridized carbons (Fsp3) is 0.480. The molecule has 34 heavy (non-hydrogen) atoms. The van der Waals surface area contributed by atoms with E-state index in [0.717, 1.165) is 29.9 Å². The molecule has 0 aliphatic carbocycles. The van der Waals surface area contributed by atoms with E-state index in [9.17, 15) is 13.2 Å². The fourth-order valence-electron chi connectivity index (χ4n) is 5.14. The average molecular weight is 487 g/mol. The van der Waals surface area contributed by atoms with Crippen molar-refractivity contribution in [2.45, 2.75) is 36.6 Å². The second-order valence-electron chi connectivity index (χ2n) is 8.97. The molecule has 0 saturated carbocycles. The summed E-state index contributed by atoms with van der Waals surface area (Å²) < 4.78 is 44.4. The summed E-state index contributed by atoms with van der Waals surface area (Å²) >= 11 is 0. The first-order valence-electron chi connectivity index (χ1n) is 11.8. The Labute approximate surface area is 200 Å². The van der Waals surface area contributed by atoms with Gasteiger partial charge in [-0.3, -0.25) is 4.79 Å². The topological polar surface area (TPSA) is 85.4 Å². The Morgan fingerprint density at radius 1 is 0.971 bits per heavy atom. The predicted molar refractivity (Wildman–Crippen MR) is 126 cm³/mol. The summed E-state index contributed by atoms with van der Waals surface area (Å²) in [6.07, 6.45) is 3.16. The minimum absolute atomic E-state index is 0.0306. The standard InChI is InChI=1S/C25H30N2O6S/c1-31-20-7-9-21(10-8-20)34(29,30)26-12-2-4-19(17-26)25(28)27-13-3-5-22(27)18-6-11-23-24(16-18)33-15-14-32-23/h6-11,16,19,22H,2-5,12-15,17H2,1H3/t19-,22+/m0/s1. The Hall–Kier alpha value is -2.78. The van der Waals surface area contributed by atoms with E-state index in [2.05, 4.69) is 0 Å². The first kappa shape index (κ1) is 23.0. The second-order valence-corrected chi connectivity index (χ2v) is 10.9. The van der Waals surface area contributed by atoms with E-state index in [-0.39, 0.29) is 29.3 Å². The Morgan fingerprint density at radius 2 is 1.71 bits per heavy atom. The molecule has 9 heteroatoms. The molecule has 0 radical (unpaired) electrons. The van der Waals surface area contributed by atoms with Gasteiger partial charge in [-0.05, 0) is 67.6 Å². The van der Waals surface area contributed by atoms with Crippen LogP contribution in [0.3, 0.4) is 0 Å². The van der Waals surface area contributed by atoms with Gasteiger partial charge in [0.1, 0.15) is 19.0 Å². The highest BCUT2D eigenvalue weighted by atomic mass is 32.2. The maximum Gasteiger partial charge on any atom is 0.243 e. The van der Waals surface area contributed by atoms with Gasteiger partial charge in [0.15, 0.2) is 11.5 Å². The maximum absolute atomic E-state index is 13.6.